The van der Waals surface area contributed by atoms with E-state index in [0.29, 0.717) is 0 Å². The summed E-state index contributed by atoms with van der Waals surface area (Å²) in [5, 5.41) is 23.8. The summed E-state index contributed by atoms with van der Waals surface area (Å²) in [6, 6.07) is 6.21. The Morgan fingerprint density at radius 3 is 0.760 bits per heavy atom. The van der Waals surface area contributed by atoms with Crippen molar-refractivity contribution in [1.82, 2.24) is 0 Å². The van der Waals surface area contributed by atoms with Crippen molar-refractivity contribution in [2.24, 2.45) is 0 Å². The number of hydrogen-bond acceptors (Lipinski definition) is 6. The third-order valence-electron chi connectivity index (χ3n) is 1.93. The molecule has 0 bridgehead atoms. The molecule has 0 aliphatic heterocycles. The molecule has 0 rings (SSSR count). The van der Waals surface area contributed by atoms with Gasteiger partial charge in [0.25, 0.3) is 20.4 Å². The van der Waals surface area contributed by atoms with Gasteiger partial charge >= 0.3 is 0 Å². The van der Waals surface area contributed by atoms with Gasteiger partial charge in [0.15, 0.2) is 0 Å². The molecule has 0 aliphatic carbocycles. The molecular weight excluding hydrogens is 490 g/mol. The first-order valence-corrected chi connectivity index (χ1v) is 7.47. The molecule has 0 heterocycles. The molecule has 0 saturated carbocycles. The molecule has 0 saturated heterocycles. The Labute approximate surface area is 168 Å². The van der Waals surface area contributed by atoms with Gasteiger partial charge in [0.2, 0.25) is 0 Å². The SMILES string of the molecule is CCCCC#N.CCCCC#N.CCCCC#N.[C]=O.[C]=O.[C]=O.[W]. The van der Waals surface area contributed by atoms with Crippen LogP contribution in [0, 0.1) is 34.0 Å². The third-order valence-corrected chi connectivity index (χ3v) is 1.93. The summed E-state index contributed by atoms with van der Waals surface area (Å²) in [6.07, 6.45) is 8.71. The standard InChI is InChI=1S/3C5H9N.3CO.W/c3*1-2-3-4-5-6;3*1-2;/h3*2-4H2,1H3;;;;. The van der Waals surface area contributed by atoms with E-state index >= 15 is 0 Å². The monoisotopic (exact) mass is 517 g/mol. The Hall–Kier alpha value is -1.83. The molecule has 0 fully saturated rings. The van der Waals surface area contributed by atoms with Crippen LogP contribution in [-0.2, 0) is 35.4 Å². The van der Waals surface area contributed by atoms with Crippen molar-refractivity contribution < 1.29 is 35.4 Å². The van der Waals surface area contributed by atoms with E-state index in [2.05, 4.69) is 59.3 Å². The van der Waals surface area contributed by atoms with E-state index in [1.165, 1.54) is 0 Å². The molecular formula is C18H27N3O3W. The quantitative estimate of drug-likeness (QED) is 0.493. The maximum Gasteiger partial charge on any atom is 0.281 e. The molecule has 7 heteroatoms. The zero-order valence-corrected chi connectivity index (χ0v) is 18.3. The smallest absolute Gasteiger partial charge is 0.281 e. The van der Waals surface area contributed by atoms with Crippen LogP contribution in [0.1, 0.15) is 78.6 Å². The van der Waals surface area contributed by atoms with Crippen molar-refractivity contribution in [1.29, 1.82) is 15.8 Å². The summed E-state index contributed by atoms with van der Waals surface area (Å²) in [7, 11) is 0. The molecule has 0 aromatic carbocycles. The Bertz CT molecular complexity index is 250. The van der Waals surface area contributed by atoms with Gasteiger partial charge < -0.3 is 0 Å². The number of rotatable bonds is 6. The molecule has 0 unspecified atom stereocenters. The molecule has 25 heavy (non-hydrogen) atoms. The summed E-state index contributed by atoms with van der Waals surface area (Å²) >= 11 is 0. The van der Waals surface area contributed by atoms with E-state index in [1.54, 1.807) is 0 Å². The molecule has 0 N–H and O–H groups in total. The fraction of sp³-hybridized carbons (Fsp3) is 0.667. The van der Waals surface area contributed by atoms with Crippen LogP contribution in [0.15, 0.2) is 0 Å². The van der Waals surface area contributed by atoms with Crippen molar-refractivity contribution in [3.63, 3.8) is 0 Å². The van der Waals surface area contributed by atoms with E-state index in [9.17, 15) is 0 Å². The molecule has 0 spiro atoms. The summed E-state index contributed by atoms with van der Waals surface area (Å²) < 4.78 is 0. The minimum atomic E-state index is 0. The molecule has 0 aliphatic rings. The normalized spacial score (nSPS) is 5.76. The van der Waals surface area contributed by atoms with Crippen LogP contribution < -0.4 is 0 Å². The van der Waals surface area contributed by atoms with Gasteiger partial charge in [-0.3, -0.25) is 14.4 Å². The third kappa shape index (κ3) is 175. The molecule has 6 nitrogen and oxygen atoms in total. The molecule has 138 valence electrons. The maximum atomic E-state index is 7.95. The predicted molar refractivity (Wildman–Crippen MR) is 92.5 cm³/mol. The molecule has 0 aromatic heterocycles. The summed E-state index contributed by atoms with van der Waals surface area (Å²) in [5.74, 6) is 0. The fourth-order valence-corrected chi connectivity index (χ4v) is 0.768. The Morgan fingerprint density at radius 1 is 0.560 bits per heavy atom. The number of nitriles is 3. The summed E-state index contributed by atoms with van der Waals surface area (Å²) in [6.45, 7) is 19.7. The van der Waals surface area contributed by atoms with Crippen LogP contribution in [0.5, 0.6) is 0 Å². The molecule has 0 atom stereocenters. The van der Waals surface area contributed by atoms with Crippen molar-refractivity contribution in [3.05, 3.63) is 0 Å². The minimum Gasteiger partial charge on any atom is -0.281 e. The van der Waals surface area contributed by atoms with Crippen LogP contribution in [0.3, 0.4) is 0 Å². The number of nitrogens with zero attached hydrogens (tertiary/aromatic N) is 3. The predicted octanol–water partition coefficient (Wildman–Crippen LogP) is 3.91. The maximum absolute atomic E-state index is 7.95. The van der Waals surface area contributed by atoms with Crippen LogP contribution in [0.4, 0.5) is 0 Å². The fourth-order valence-electron chi connectivity index (χ4n) is 0.768. The number of hydrogen-bond donors (Lipinski definition) is 0. The second-order valence-corrected chi connectivity index (χ2v) is 3.79. The zero-order valence-electron chi connectivity index (χ0n) is 15.3. The molecule has 0 aromatic rings. The second kappa shape index (κ2) is 96.1. The van der Waals surface area contributed by atoms with Crippen LogP contribution in [0.2, 0.25) is 0 Å². The van der Waals surface area contributed by atoms with Gasteiger partial charge in [-0.1, -0.05) is 40.0 Å². The van der Waals surface area contributed by atoms with E-state index in [1.807, 2.05) is 0 Å². The van der Waals surface area contributed by atoms with Crippen LogP contribution >= 0.6 is 0 Å². The summed E-state index contributed by atoms with van der Waals surface area (Å²) in [4.78, 5) is 22.5. The van der Waals surface area contributed by atoms with Crippen LogP contribution in [-0.4, -0.2) is 20.4 Å². The molecule has 0 amide bonds. The first kappa shape index (κ1) is 43.6. The Kier molecular flexibility index (Phi) is 167. The first-order valence-electron chi connectivity index (χ1n) is 7.47. The van der Waals surface area contributed by atoms with Crippen molar-refractivity contribution in [2.75, 3.05) is 0 Å². The van der Waals surface area contributed by atoms with Crippen LogP contribution in [0.25, 0.3) is 0 Å². The zero-order chi connectivity index (χ0) is 20.5. The van der Waals surface area contributed by atoms with Gasteiger partial charge in [0, 0.05) is 40.3 Å². The largest absolute Gasteiger partial charge is 0.281 e. The van der Waals surface area contributed by atoms with Gasteiger partial charge in [0.1, 0.15) is 0 Å². The number of carbonyl (C=O) groups excluding carboxylic acids is 3. The van der Waals surface area contributed by atoms with E-state index in [-0.39, 0.29) is 21.1 Å². The number of unbranched alkanes of at least 4 members (excludes halogenated alkanes) is 6. The van der Waals surface area contributed by atoms with Gasteiger partial charge in [-0.2, -0.15) is 15.8 Å². The van der Waals surface area contributed by atoms with Gasteiger partial charge in [-0.05, 0) is 19.3 Å². The first-order chi connectivity index (χ1) is 11.7. The van der Waals surface area contributed by atoms with E-state index in [4.69, 9.17) is 30.2 Å². The Morgan fingerprint density at radius 2 is 0.720 bits per heavy atom. The van der Waals surface area contributed by atoms with Gasteiger partial charge in [-0.15, -0.1) is 0 Å². The topological polar surface area (TPSA) is 123 Å². The molecule has 6 radical (unpaired) electrons. The Balaban J connectivity index is -0.0000000331. The summed E-state index contributed by atoms with van der Waals surface area (Å²) in [5.41, 5.74) is 0. The van der Waals surface area contributed by atoms with Crippen molar-refractivity contribution >= 4 is 20.4 Å². The van der Waals surface area contributed by atoms with Crippen molar-refractivity contribution in [3.8, 4) is 18.2 Å². The van der Waals surface area contributed by atoms with E-state index < -0.39 is 0 Å². The minimum absolute atomic E-state index is 0. The van der Waals surface area contributed by atoms with Crippen molar-refractivity contribution in [2.45, 2.75) is 78.6 Å². The average molecular weight is 517 g/mol. The van der Waals surface area contributed by atoms with Gasteiger partial charge in [-0.25, -0.2) is 0 Å². The average Bonchev–Trinajstić information content (AvgIpc) is 2.68. The van der Waals surface area contributed by atoms with E-state index in [0.717, 1.165) is 57.8 Å². The second-order valence-electron chi connectivity index (χ2n) is 3.79. The van der Waals surface area contributed by atoms with Gasteiger partial charge in [0.05, 0.1) is 18.2 Å².